The van der Waals surface area contributed by atoms with Crippen LogP contribution in [0, 0.1) is 16.7 Å². The standard InChI is InChI=1S/C25H27N3O3/c1-29-20-5-7-24(8-6-20)13-18-4-3-17(12-22(18)25(24)15-31-23(27)28-25)19-9-16(14-26)10-21(11-19)30-2/h3-4,9-12,20H,5-8,13,15H2,1-2H3,(H2,27,28)/t20?,24?,25-/m0/s1. The number of hydrogen-bond acceptors (Lipinski definition) is 6. The summed E-state index contributed by atoms with van der Waals surface area (Å²) in [6, 6.07) is 14.7. The van der Waals surface area contributed by atoms with Gasteiger partial charge in [-0.25, -0.2) is 4.99 Å². The van der Waals surface area contributed by atoms with Gasteiger partial charge in [0, 0.05) is 12.5 Å². The number of nitrogens with zero attached hydrogens (tertiary/aromatic N) is 2. The van der Waals surface area contributed by atoms with Crippen LogP contribution in [0.15, 0.2) is 41.4 Å². The van der Waals surface area contributed by atoms with Crippen LogP contribution in [-0.2, 0) is 21.4 Å². The van der Waals surface area contributed by atoms with Gasteiger partial charge in [-0.2, -0.15) is 5.26 Å². The van der Waals surface area contributed by atoms with Gasteiger partial charge in [-0.15, -0.1) is 0 Å². The van der Waals surface area contributed by atoms with Crippen molar-refractivity contribution in [2.45, 2.75) is 43.7 Å². The molecular formula is C25H27N3O3. The minimum Gasteiger partial charge on any atom is -0.497 e. The Balaban J connectivity index is 1.61. The Labute approximate surface area is 182 Å². The maximum Gasteiger partial charge on any atom is 0.283 e. The zero-order valence-corrected chi connectivity index (χ0v) is 18.0. The van der Waals surface area contributed by atoms with Gasteiger partial charge in [-0.05, 0) is 78.6 Å². The molecule has 5 rings (SSSR count). The van der Waals surface area contributed by atoms with Gasteiger partial charge >= 0.3 is 0 Å². The van der Waals surface area contributed by atoms with Crippen molar-refractivity contribution in [3.05, 3.63) is 53.1 Å². The fourth-order valence-corrected chi connectivity index (χ4v) is 5.85. The molecule has 2 spiro atoms. The molecule has 2 N–H and O–H groups in total. The predicted octanol–water partition coefficient (Wildman–Crippen LogP) is 3.91. The summed E-state index contributed by atoms with van der Waals surface area (Å²) in [7, 11) is 3.41. The molecule has 2 aromatic carbocycles. The first-order valence-electron chi connectivity index (χ1n) is 10.8. The number of nitriles is 1. The van der Waals surface area contributed by atoms with Gasteiger partial charge in [-0.3, -0.25) is 0 Å². The van der Waals surface area contributed by atoms with E-state index in [0.717, 1.165) is 43.2 Å². The number of ether oxygens (including phenoxy) is 3. The summed E-state index contributed by atoms with van der Waals surface area (Å²) in [5.74, 6) is 0.671. The summed E-state index contributed by atoms with van der Waals surface area (Å²) in [4.78, 5) is 4.95. The van der Waals surface area contributed by atoms with Crippen molar-refractivity contribution in [1.82, 2.24) is 0 Å². The molecule has 1 heterocycles. The summed E-state index contributed by atoms with van der Waals surface area (Å²) >= 11 is 0. The topological polar surface area (TPSA) is 89.9 Å². The molecule has 0 saturated heterocycles. The van der Waals surface area contributed by atoms with Gasteiger partial charge in [0.15, 0.2) is 0 Å². The Hall–Kier alpha value is -3.04. The zero-order valence-electron chi connectivity index (χ0n) is 18.0. The SMILES string of the molecule is COc1cc(C#N)cc(-c2ccc3c(c2)[C@@]2(COC(N)=N2)C2(CCC(OC)CC2)C3)c1. The van der Waals surface area contributed by atoms with Crippen molar-refractivity contribution in [1.29, 1.82) is 5.26 Å². The smallest absolute Gasteiger partial charge is 0.283 e. The van der Waals surface area contributed by atoms with Crippen LogP contribution in [0.5, 0.6) is 5.75 Å². The highest BCUT2D eigenvalue weighted by Crippen LogP contribution is 2.61. The third kappa shape index (κ3) is 2.99. The molecule has 3 aliphatic rings. The second kappa shape index (κ2) is 7.28. The second-order valence-electron chi connectivity index (χ2n) is 8.93. The van der Waals surface area contributed by atoms with Crippen molar-refractivity contribution in [3.63, 3.8) is 0 Å². The predicted molar refractivity (Wildman–Crippen MR) is 118 cm³/mol. The molecule has 1 saturated carbocycles. The van der Waals surface area contributed by atoms with E-state index >= 15 is 0 Å². The summed E-state index contributed by atoms with van der Waals surface area (Å²) in [5, 5.41) is 9.42. The summed E-state index contributed by atoms with van der Waals surface area (Å²) in [5.41, 5.74) is 10.7. The molecular weight excluding hydrogens is 390 g/mol. The Morgan fingerprint density at radius 2 is 1.94 bits per heavy atom. The monoisotopic (exact) mass is 417 g/mol. The van der Waals surface area contributed by atoms with Crippen molar-refractivity contribution in [3.8, 4) is 22.9 Å². The number of fused-ring (bicyclic) bond motifs is 3. The molecule has 160 valence electrons. The number of hydrogen-bond donors (Lipinski definition) is 1. The van der Waals surface area contributed by atoms with E-state index in [0.29, 0.717) is 24.0 Å². The van der Waals surface area contributed by atoms with E-state index in [1.54, 1.807) is 20.3 Å². The van der Waals surface area contributed by atoms with Crippen LogP contribution in [0.2, 0.25) is 0 Å². The molecule has 0 radical (unpaired) electrons. The Morgan fingerprint density at radius 3 is 2.58 bits per heavy atom. The fourth-order valence-electron chi connectivity index (χ4n) is 5.85. The van der Waals surface area contributed by atoms with E-state index in [1.165, 1.54) is 11.1 Å². The molecule has 2 aliphatic carbocycles. The van der Waals surface area contributed by atoms with E-state index in [1.807, 2.05) is 12.1 Å². The third-order valence-corrected chi connectivity index (χ3v) is 7.52. The maximum atomic E-state index is 9.42. The molecule has 0 unspecified atom stereocenters. The molecule has 0 aromatic heterocycles. The van der Waals surface area contributed by atoms with E-state index < -0.39 is 5.54 Å². The van der Waals surface area contributed by atoms with Crippen LogP contribution in [-0.4, -0.2) is 33.0 Å². The minimum absolute atomic E-state index is 0.00367. The quantitative estimate of drug-likeness (QED) is 0.818. The van der Waals surface area contributed by atoms with Crippen LogP contribution in [0.1, 0.15) is 42.4 Å². The Morgan fingerprint density at radius 1 is 1.13 bits per heavy atom. The van der Waals surface area contributed by atoms with Gasteiger partial charge in [0.25, 0.3) is 6.02 Å². The first-order chi connectivity index (χ1) is 15.0. The van der Waals surface area contributed by atoms with Gasteiger partial charge in [0.1, 0.15) is 17.9 Å². The Kier molecular flexibility index (Phi) is 4.67. The lowest BCUT2D eigenvalue weighted by Crippen LogP contribution is -2.46. The molecule has 6 nitrogen and oxygen atoms in total. The lowest BCUT2D eigenvalue weighted by molar-refractivity contribution is -0.00983. The number of rotatable bonds is 3. The van der Waals surface area contributed by atoms with Crippen LogP contribution in [0.25, 0.3) is 11.1 Å². The van der Waals surface area contributed by atoms with Gasteiger partial charge in [0.2, 0.25) is 0 Å². The molecule has 1 aliphatic heterocycles. The molecule has 1 atom stereocenters. The average Bonchev–Trinajstić information content (AvgIpc) is 3.32. The maximum absolute atomic E-state index is 9.42. The lowest BCUT2D eigenvalue weighted by Gasteiger charge is -2.45. The van der Waals surface area contributed by atoms with E-state index in [2.05, 4.69) is 24.3 Å². The van der Waals surface area contributed by atoms with Gasteiger partial charge in [0.05, 0.1) is 24.8 Å². The molecule has 1 fully saturated rings. The summed E-state index contributed by atoms with van der Waals surface area (Å²) in [6.07, 6.45) is 5.40. The van der Waals surface area contributed by atoms with E-state index in [-0.39, 0.29) is 11.4 Å². The molecule has 2 aromatic rings. The highest BCUT2D eigenvalue weighted by atomic mass is 16.5. The molecule has 0 bridgehead atoms. The van der Waals surface area contributed by atoms with Crippen molar-refractivity contribution in [2.24, 2.45) is 16.1 Å². The minimum atomic E-state index is -0.460. The summed E-state index contributed by atoms with van der Waals surface area (Å²) in [6.45, 7) is 0.481. The van der Waals surface area contributed by atoms with E-state index in [4.69, 9.17) is 24.9 Å². The third-order valence-electron chi connectivity index (χ3n) is 7.52. The largest absolute Gasteiger partial charge is 0.497 e. The average molecular weight is 418 g/mol. The highest BCUT2D eigenvalue weighted by molar-refractivity contribution is 5.76. The van der Waals surface area contributed by atoms with E-state index in [9.17, 15) is 5.26 Å². The Bertz CT molecular complexity index is 1100. The van der Waals surface area contributed by atoms with Gasteiger partial charge in [-0.1, -0.05) is 12.1 Å². The number of aliphatic imine (C=N–C) groups is 1. The van der Waals surface area contributed by atoms with Gasteiger partial charge < -0.3 is 19.9 Å². The molecule has 31 heavy (non-hydrogen) atoms. The zero-order chi connectivity index (χ0) is 21.6. The number of nitrogens with two attached hydrogens (primary N) is 1. The highest BCUT2D eigenvalue weighted by Gasteiger charge is 2.61. The normalized spacial score (nSPS) is 28.8. The first-order valence-corrected chi connectivity index (χ1v) is 10.8. The number of amidine groups is 1. The first kappa shape index (κ1) is 19.9. The van der Waals surface area contributed by atoms with Crippen molar-refractivity contribution < 1.29 is 14.2 Å². The van der Waals surface area contributed by atoms with Crippen LogP contribution < -0.4 is 10.5 Å². The van der Waals surface area contributed by atoms with Crippen molar-refractivity contribution in [2.75, 3.05) is 20.8 Å². The van der Waals surface area contributed by atoms with Crippen LogP contribution >= 0.6 is 0 Å². The number of methoxy groups -OCH3 is 2. The fraction of sp³-hybridized carbons (Fsp3) is 0.440. The van der Waals surface area contributed by atoms with Crippen LogP contribution in [0.4, 0.5) is 0 Å². The lowest BCUT2D eigenvalue weighted by atomic mass is 9.62. The number of benzene rings is 2. The van der Waals surface area contributed by atoms with Crippen molar-refractivity contribution >= 4 is 6.02 Å². The molecule has 0 amide bonds. The second-order valence-corrected chi connectivity index (χ2v) is 8.93. The summed E-state index contributed by atoms with van der Waals surface area (Å²) < 4.78 is 16.8. The molecule has 6 heteroatoms. The van der Waals surface area contributed by atoms with Crippen LogP contribution in [0.3, 0.4) is 0 Å².